The molecule has 1 spiro atoms. The topological polar surface area (TPSA) is 12.0 Å². The Hall–Kier alpha value is -2.02. The van der Waals surface area contributed by atoms with Gasteiger partial charge in [0.1, 0.15) is 0 Å². The van der Waals surface area contributed by atoms with E-state index in [-0.39, 0.29) is 5.54 Å². The molecule has 0 aromatic heterocycles. The van der Waals surface area contributed by atoms with Gasteiger partial charge in [0.05, 0.1) is 5.54 Å². The van der Waals surface area contributed by atoms with Crippen molar-refractivity contribution in [1.29, 1.82) is 0 Å². The highest BCUT2D eigenvalue weighted by Crippen LogP contribution is 2.43. The predicted octanol–water partition coefficient (Wildman–Crippen LogP) is 3.66. The number of rotatable bonds is 0. The normalized spacial score (nSPS) is 23.6. The van der Waals surface area contributed by atoms with Gasteiger partial charge in [-0.15, -0.1) is 0 Å². The van der Waals surface area contributed by atoms with Gasteiger partial charge in [-0.25, -0.2) is 0 Å². The van der Waals surface area contributed by atoms with Crippen molar-refractivity contribution in [2.45, 2.75) is 18.4 Å². The van der Waals surface area contributed by atoms with Crippen LogP contribution in [0.15, 0.2) is 60.7 Å². The summed E-state index contributed by atoms with van der Waals surface area (Å²) in [5.41, 5.74) is 5.56. The van der Waals surface area contributed by atoms with Crippen molar-refractivity contribution >= 4 is 5.69 Å². The fraction of sp³-hybridized carbons (Fsp3) is 0.176. The highest BCUT2D eigenvalue weighted by atomic mass is 15.0. The summed E-state index contributed by atoms with van der Waals surface area (Å²) in [5.74, 6) is 0. The minimum atomic E-state index is -0.0153. The van der Waals surface area contributed by atoms with Crippen LogP contribution in [0.25, 0.3) is 0 Å². The van der Waals surface area contributed by atoms with Crippen LogP contribution in [0.5, 0.6) is 0 Å². The first-order valence-electron chi connectivity index (χ1n) is 6.50. The fourth-order valence-corrected chi connectivity index (χ4v) is 3.25. The fourth-order valence-electron chi connectivity index (χ4n) is 3.25. The number of benzene rings is 2. The largest absolute Gasteiger partial charge is 0.372 e. The molecule has 1 atom stereocenters. The second kappa shape index (κ2) is 3.49. The number of hydrogen-bond acceptors (Lipinski definition) is 1. The predicted molar refractivity (Wildman–Crippen MR) is 74.7 cm³/mol. The van der Waals surface area contributed by atoms with Gasteiger partial charge in [-0.3, -0.25) is 0 Å². The van der Waals surface area contributed by atoms with Crippen LogP contribution >= 0.6 is 0 Å². The van der Waals surface area contributed by atoms with Crippen LogP contribution in [0.4, 0.5) is 5.69 Å². The molecule has 1 aliphatic heterocycles. The van der Waals surface area contributed by atoms with Gasteiger partial charge in [-0.2, -0.15) is 0 Å². The zero-order chi connectivity index (χ0) is 12.0. The number of anilines is 1. The van der Waals surface area contributed by atoms with E-state index < -0.39 is 0 Å². The summed E-state index contributed by atoms with van der Waals surface area (Å²) in [6, 6.07) is 17.4. The van der Waals surface area contributed by atoms with Gasteiger partial charge in [0.2, 0.25) is 0 Å². The van der Waals surface area contributed by atoms with Gasteiger partial charge in [0.15, 0.2) is 0 Å². The molecular formula is C17H15N. The summed E-state index contributed by atoms with van der Waals surface area (Å²) in [7, 11) is 0. The maximum Gasteiger partial charge on any atom is 0.0853 e. The van der Waals surface area contributed by atoms with E-state index in [0.29, 0.717) is 0 Å². The number of fused-ring (bicyclic) bond motifs is 3. The average molecular weight is 233 g/mol. The Labute approximate surface area is 107 Å². The van der Waals surface area contributed by atoms with Crippen LogP contribution < -0.4 is 5.32 Å². The summed E-state index contributed by atoms with van der Waals surface area (Å²) >= 11 is 0. The maximum atomic E-state index is 3.72. The number of para-hydroxylation sites is 1. The molecule has 1 unspecified atom stereocenters. The summed E-state index contributed by atoms with van der Waals surface area (Å²) in [4.78, 5) is 0. The maximum absolute atomic E-state index is 3.72. The summed E-state index contributed by atoms with van der Waals surface area (Å²) in [6.45, 7) is 0. The second-order valence-electron chi connectivity index (χ2n) is 5.19. The van der Waals surface area contributed by atoms with Crippen LogP contribution in [-0.2, 0) is 18.4 Å². The molecule has 2 aromatic rings. The van der Waals surface area contributed by atoms with Crippen LogP contribution in [-0.4, -0.2) is 0 Å². The molecule has 1 nitrogen and oxygen atoms in total. The van der Waals surface area contributed by atoms with Crippen LogP contribution in [0.3, 0.4) is 0 Å². The summed E-state index contributed by atoms with van der Waals surface area (Å²) < 4.78 is 0. The van der Waals surface area contributed by atoms with E-state index in [2.05, 4.69) is 66.0 Å². The van der Waals surface area contributed by atoms with E-state index in [1.807, 2.05) is 0 Å². The third-order valence-electron chi connectivity index (χ3n) is 4.08. The van der Waals surface area contributed by atoms with Crippen molar-refractivity contribution in [2.75, 3.05) is 5.32 Å². The zero-order valence-corrected chi connectivity index (χ0v) is 10.2. The van der Waals surface area contributed by atoms with Gasteiger partial charge in [0.25, 0.3) is 0 Å². The van der Waals surface area contributed by atoms with Crippen molar-refractivity contribution in [1.82, 2.24) is 0 Å². The molecule has 1 aliphatic carbocycles. The van der Waals surface area contributed by atoms with Crippen molar-refractivity contribution in [2.24, 2.45) is 0 Å². The van der Waals surface area contributed by atoms with Crippen LogP contribution in [0.2, 0.25) is 0 Å². The van der Waals surface area contributed by atoms with Gasteiger partial charge in [-0.1, -0.05) is 54.6 Å². The lowest BCUT2D eigenvalue weighted by atomic mass is 9.79. The Bertz CT molecular complexity index is 615. The number of allylic oxidation sites excluding steroid dienone is 1. The van der Waals surface area contributed by atoms with Gasteiger partial charge in [-0.05, 0) is 29.2 Å². The molecule has 0 saturated heterocycles. The zero-order valence-electron chi connectivity index (χ0n) is 10.2. The van der Waals surface area contributed by atoms with E-state index in [1.54, 1.807) is 0 Å². The number of hydrogen-bond donors (Lipinski definition) is 1. The highest BCUT2D eigenvalue weighted by Gasteiger charge is 2.38. The molecule has 18 heavy (non-hydrogen) atoms. The Kier molecular flexibility index (Phi) is 1.93. The van der Waals surface area contributed by atoms with E-state index in [1.165, 1.54) is 22.4 Å². The van der Waals surface area contributed by atoms with Gasteiger partial charge in [0, 0.05) is 12.1 Å². The Morgan fingerprint density at radius 1 is 0.889 bits per heavy atom. The molecule has 2 aromatic carbocycles. The van der Waals surface area contributed by atoms with E-state index in [4.69, 9.17) is 0 Å². The lowest BCUT2D eigenvalue weighted by Gasteiger charge is -2.32. The molecule has 0 bridgehead atoms. The molecule has 1 N–H and O–H groups in total. The van der Waals surface area contributed by atoms with Crippen molar-refractivity contribution < 1.29 is 0 Å². The first-order chi connectivity index (χ1) is 8.87. The lowest BCUT2D eigenvalue weighted by Crippen LogP contribution is -2.33. The van der Waals surface area contributed by atoms with E-state index in [9.17, 15) is 0 Å². The minimum Gasteiger partial charge on any atom is -0.372 e. The van der Waals surface area contributed by atoms with Crippen LogP contribution in [0, 0.1) is 0 Å². The second-order valence-corrected chi connectivity index (χ2v) is 5.19. The highest BCUT2D eigenvalue weighted by molar-refractivity contribution is 5.64. The molecule has 0 fully saturated rings. The molecule has 1 heterocycles. The van der Waals surface area contributed by atoms with Crippen molar-refractivity contribution in [3.05, 3.63) is 77.4 Å². The summed E-state index contributed by atoms with van der Waals surface area (Å²) in [5, 5.41) is 3.72. The molecule has 4 rings (SSSR count). The number of nitrogens with one attached hydrogen (secondary N) is 1. The third-order valence-corrected chi connectivity index (χ3v) is 4.08. The average Bonchev–Trinajstić information content (AvgIpc) is 2.78. The Morgan fingerprint density at radius 2 is 1.67 bits per heavy atom. The van der Waals surface area contributed by atoms with Crippen LogP contribution in [0.1, 0.15) is 16.7 Å². The van der Waals surface area contributed by atoms with Gasteiger partial charge >= 0.3 is 0 Å². The smallest absolute Gasteiger partial charge is 0.0853 e. The Morgan fingerprint density at radius 3 is 2.56 bits per heavy atom. The third kappa shape index (κ3) is 1.28. The summed E-state index contributed by atoms with van der Waals surface area (Å²) in [6.07, 6.45) is 6.74. The standard InChI is InChI=1S/C17H15N/c1-3-9-15-13(6-1)8-5-11-17(15)12-14-7-2-4-10-16(14)18-17/h1-7,9-11,18H,8,12H2. The first-order valence-corrected chi connectivity index (χ1v) is 6.50. The minimum absolute atomic E-state index is 0.0153. The molecular weight excluding hydrogens is 218 g/mol. The van der Waals surface area contributed by atoms with Crippen molar-refractivity contribution in [3.63, 3.8) is 0 Å². The molecule has 88 valence electrons. The molecule has 1 heteroatoms. The SMILES string of the molecule is C1=CC2(Cc3ccccc3N2)c2ccccc2C1. The molecule has 2 aliphatic rings. The molecule has 0 radical (unpaired) electrons. The lowest BCUT2D eigenvalue weighted by molar-refractivity contribution is 0.624. The van der Waals surface area contributed by atoms with Crippen molar-refractivity contribution in [3.8, 4) is 0 Å². The van der Waals surface area contributed by atoms with Gasteiger partial charge < -0.3 is 5.32 Å². The molecule has 0 amide bonds. The molecule has 0 saturated carbocycles. The Balaban J connectivity index is 1.88. The van der Waals surface area contributed by atoms with E-state index in [0.717, 1.165) is 12.8 Å². The van der Waals surface area contributed by atoms with E-state index >= 15 is 0 Å². The monoisotopic (exact) mass is 233 g/mol. The first kappa shape index (κ1) is 9.95. The quantitative estimate of drug-likeness (QED) is 0.685.